The Labute approximate surface area is 132 Å². The topological polar surface area (TPSA) is 41.6 Å². The summed E-state index contributed by atoms with van der Waals surface area (Å²) < 4.78 is 16.7. The zero-order chi connectivity index (χ0) is 15.1. The number of hydrogen-bond acceptors (Lipinski definition) is 4. The molecule has 2 atom stereocenters. The monoisotopic (exact) mass is 316 g/mol. The molecule has 1 heterocycles. The molecule has 0 bridgehead atoms. The second kappa shape index (κ2) is 8.61. The lowest BCUT2D eigenvalue weighted by atomic mass is 9.69. The molecule has 0 amide bonds. The van der Waals surface area contributed by atoms with Crippen molar-refractivity contribution in [1.82, 2.24) is 10.2 Å². The van der Waals surface area contributed by atoms with Crippen molar-refractivity contribution >= 4 is 10.8 Å². The molecule has 1 aliphatic heterocycles. The van der Waals surface area contributed by atoms with E-state index in [0.29, 0.717) is 5.41 Å². The standard InChI is InChI=1S/C16H32N2O2S/c1-15-4-3-5-16(12-15,13-17-6-9-20-2)14-18-7-10-21(19)11-8-18/h15,17H,3-14H2,1-2H3. The summed E-state index contributed by atoms with van der Waals surface area (Å²) in [6.07, 6.45) is 5.39. The second-order valence-corrected chi connectivity index (χ2v) is 8.69. The average Bonchev–Trinajstić information content (AvgIpc) is 2.46. The molecule has 124 valence electrons. The van der Waals surface area contributed by atoms with Gasteiger partial charge in [-0.3, -0.25) is 4.21 Å². The number of rotatable bonds is 7. The van der Waals surface area contributed by atoms with Gasteiger partial charge in [0.1, 0.15) is 0 Å². The van der Waals surface area contributed by atoms with E-state index in [1.54, 1.807) is 7.11 Å². The van der Waals surface area contributed by atoms with Crippen molar-refractivity contribution in [3.63, 3.8) is 0 Å². The SMILES string of the molecule is COCCNCC1(CN2CCS(=O)CC2)CCCC(C)C1. The minimum Gasteiger partial charge on any atom is -0.383 e. The zero-order valence-electron chi connectivity index (χ0n) is 13.7. The van der Waals surface area contributed by atoms with E-state index in [4.69, 9.17) is 4.74 Å². The van der Waals surface area contributed by atoms with Crippen LogP contribution in [-0.4, -0.2) is 67.1 Å². The lowest BCUT2D eigenvalue weighted by Crippen LogP contribution is -2.50. The third-order valence-electron chi connectivity index (χ3n) is 5.00. The van der Waals surface area contributed by atoms with Gasteiger partial charge < -0.3 is 15.0 Å². The van der Waals surface area contributed by atoms with Crippen LogP contribution in [0.3, 0.4) is 0 Å². The van der Waals surface area contributed by atoms with Crippen LogP contribution in [0.25, 0.3) is 0 Å². The van der Waals surface area contributed by atoms with Gasteiger partial charge in [0.05, 0.1) is 6.61 Å². The number of ether oxygens (including phenoxy) is 1. The highest BCUT2D eigenvalue weighted by Crippen LogP contribution is 2.39. The normalized spacial score (nSPS) is 32.4. The van der Waals surface area contributed by atoms with Gasteiger partial charge in [0.2, 0.25) is 0 Å². The van der Waals surface area contributed by atoms with E-state index in [1.807, 2.05) is 0 Å². The molecule has 1 N–H and O–H groups in total. The number of nitrogens with zero attached hydrogens (tertiary/aromatic N) is 1. The van der Waals surface area contributed by atoms with Crippen LogP contribution >= 0.6 is 0 Å². The summed E-state index contributed by atoms with van der Waals surface area (Å²) in [6, 6.07) is 0. The van der Waals surface area contributed by atoms with E-state index in [9.17, 15) is 4.21 Å². The minimum absolute atomic E-state index is 0.407. The van der Waals surface area contributed by atoms with Crippen LogP contribution in [0.15, 0.2) is 0 Å². The van der Waals surface area contributed by atoms with Crippen molar-refractivity contribution in [3.05, 3.63) is 0 Å². The Hall–Kier alpha value is 0.0300. The smallest absolute Gasteiger partial charge is 0.0587 e. The van der Waals surface area contributed by atoms with E-state index < -0.39 is 10.8 Å². The molecule has 2 aliphatic rings. The maximum Gasteiger partial charge on any atom is 0.0587 e. The first-order chi connectivity index (χ1) is 10.1. The first-order valence-electron chi connectivity index (χ1n) is 8.40. The number of methoxy groups -OCH3 is 1. The third-order valence-corrected chi connectivity index (χ3v) is 6.27. The Kier molecular flexibility index (Phi) is 7.13. The highest BCUT2D eigenvalue weighted by molar-refractivity contribution is 7.85. The van der Waals surface area contributed by atoms with Gasteiger partial charge in [-0.25, -0.2) is 0 Å². The second-order valence-electron chi connectivity index (χ2n) is 7.00. The van der Waals surface area contributed by atoms with Crippen LogP contribution in [0.4, 0.5) is 0 Å². The molecule has 1 saturated carbocycles. The minimum atomic E-state index is -0.570. The summed E-state index contributed by atoms with van der Waals surface area (Å²) >= 11 is 0. The Morgan fingerprint density at radius 1 is 1.38 bits per heavy atom. The van der Waals surface area contributed by atoms with E-state index in [-0.39, 0.29) is 0 Å². The van der Waals surface area contributed by atoms with Gasteiger partial charge in [0, 0.05) is 62.1 Å². The molecule has 0 aromatic carbocycles. The molecule has 2 rings (SSSR count). The Bertz CT molecular complexity index is 330. The van der Waals surface area contributed by atoms with Crippen LogP contribution < -0.4 is 5.32 Å². The summed E-state index contributed by atoms with van der Waals surface area (Å²) in [6.45, 7) is 8.43. The number of nitrogens with one attached hydrogen (secondary N) is 1. The van der Waals surface area contributed by atoms with E-state index in [0.717, 1.165) is 50.2 Å². The molecule has 2 unspecified atom stereocenters. The molecule has 0 aromatic heterocycles. The maximum absolute atomic E-state index is 11.5. The van der Waals surface area contributed by atoms with Crippen molar-refractivity contribution in [2.24, 2.45) is 11.3 Å². The summed E-state index contributed by atoms with van der Waals surface area (Å²) in [7, 11) is 1.19. The van der Waals surface area contributed by atoms with Crippen LogP contribution in [0, 0.1) is 11.3 Å². The molecule has 1 aliphatic carbocycles. The number of hydrogen-bond donors (Lipinski definition) is 1. The molecule has 0 spiro atoms. The summed E-state index contributed by atoms with van der Waals surface area (Å²) in [5.41, 5.74) is 0.407. The van der Waals surface area contributed by atoms with Gasteiger partial charge in [-0.1, -0.05) is 19.8 Å². The molecule has 0 radical (unpaired) electrons. The Morgan fingerprint density at radius 2 is 2.14 bits per heavy atom. The van der Waals surface area contributed by atoms with Gasteiger partial charge in [-0.15, -0.1) is 0 Å². The van der Waals surface area contributed by atoms with Crippen molar-refractivity contribution in [2.45, 2.75) is 32.6 Å². The molecule has 5 heteroatoms. The average molecular weight is 317 g/mol. The van der Waals surface area contributed by atoms with Crippen molar-refractivity contribution in [1.29, 1.82) is 0 Å². The Morgan fingerprint density at radius 3 is 2.81 bits per heavy atom. The van der Waals surface area contributed by atoms with E-state index in [1.165, 1.54) is 32.2 Å². The molecule has 1 saturated heterocycles. The summed E-state index contributed by atoms with van der Waals surface area (Å²) in [4.78, 5) is 2.55. The molecule has 21 heavy (non-hydrogen) atoms. The largest absolute Gasteiger partial charge is 0.383 e. The maximum atomic E-state index is 11.5. The van der Waals surface area contributed by atoms with Crippen LogP contribution in [0.2, 0.25) is 0 Å². The fraction of sp³-hybridized carbons (Fsp3) is 1.00. The quantitative estimate of drug-likeness (QED) is 0.723. The summed E-state index contributed by atoms with van der Waals surface area (Å²) in [5.74, 6) is 2.56. The van der Waals surface area contributed by atoms with Crippen molar-refractivity contribution < 1.29 is 8.95 Å². The van der Waals surface area contributed by atoms with E-state index in [2.05, 4.69) is 17.1 Å². The predicted octanol–water partition coefficient (Wildman–Crippen LogP) is 1.48. The predicted molar refractivity (Wildman–Crippen MR) is 89.1 cm³/mol. The molecule has 4 nitrogen and oxygen atoms in total. The van der Waals surface area contributed by atoms with Gasteiger partial charge >= 0.3 is 0 Å². The van der Waals surface area contributed by atoms with Crippen LogP contribution in [0.5, 0.6) is 0 Å². The summed E-state index contributed by atoms with van der Waals surface area (Å²) in [5, 5.41) is 3.60. The fourth-order valence-electron chi connectivity index (χ4n) is 3.96. The molecular formula is C16H32N2O2S. The van der Waals surface area contributed by atoms with Gasteiger partial charge in [-0.05, 0) is 24.2 Å². The first-order valence-corrected chi connectivity index (χ1v) is 9.89. The third kappa shape index (κ3) is 5.62. The van der Waals surface area contributed by atoms with Crippen LogP contribution in [-0.2, 0) is 15.5 Å². The van der Waals surface area contributed by atoms with E-state index >= 15 is 0 Å². The Balaban J connectivity index is 1.89. The molecule has 0 aromatic rings. The lowest BCUT2D eigenvalue weighted by Gasteiger charge is -2.44. The van der Waals surface area contributed by atoms with Gasteiger partial charge in [0.15, 0.2) is 0 Å². The van der Waals surface area contributed by atoms with Gasteiger partial charge in [0.25, 0.3) is 0 Å². The van der Waals surface area contributed by atoms with Crippen molar-refractivity contribution in [2.75, 3.05) is 57.9 Å². The molecule has 2 fully saturated rings. The first kappa shape index (κ1) is 17.4. The highest BCUT2D eigenvalue weighted by atomic mass is 32.2. The fourth-order valence-corrected chi connectivity index (χ4v) is 5.09. The van der Waals surface area contributed by atoms with Crippen molar-refractivity contribution in [3.8, 4) is 0 Å². The zero-order valence-corrected chi connectivity index (χ0v) is 14.6. The van der Waals surface area contributed by atoms with Gasteiger partial charge in [-0.2, -0.15) is 0 Å². The highest BCUT2D eigenvalue weighted by Gasteiger charge is 2.36. The lowest BCUT2D eigenvalue weighted by molar-refractivity contribution is 0.0817. The van der Waals surface area contributed by atoms with Crippen LogP contribution in [0.1, 0.15) is 32.6 Å². The molecular weight excluding hydrogens is 284 g/mol.